The molecule has 2 aromatic rings. The number of amides is 1. The highest BCUT2D eigenvalue weighted by Gasteiger charge is 2.30. The second kappa shape index (κ2) is 9.46. The molecule has 1 aliphatic heterocycles. The Bertz CT molecular complexity index is 1060. The Balaban J connectivity index is 1.35. The van der Waals surface area contributed by atoms with E-state index in [1.54, 1.807) is 24.3 Å². The van der Waals surface area contributed by atoms with Crippen molar-refractivity contribution in [1.82, 2.24) is 9.21 Å². The number of carbonyl (C=O) groups is 1. The third kappa shape index (κ3) is 5.07. The molecule has 1 amide bonds. The highest BCUT2D eigenvalue weighted by Crippen LogP contribution is 2.30. The number of hydrogen-bond donors (Lipinski definition) is 1. The third-order valence-electron chi connectivity index (χ3n) is 5.88. The standard InChI is InChI=1S/C22H25Cl2N3O3S/c23-19-6-3-7-20(24)22(19)25-21(28)15-26-10-12-27(13-11-26)31(29,30)18-9-8-16-4-1-2-5-17(16)14-18/h3,6-9,14H,1-2,4-5,10-13,15H2,(H,25,28). The molecule has 4 rings (SSSR count). The molecule has 0 spiro atoms. The molecular weight excluding hydrogens is 457 g/mol. The van der Waals surface area contributed by atoms with Gasteiger partial charge in [0.1, 0.15) is 0 Å². The van der Waals surface area contributed by atoms with Gasteiger partial charge in [-0.05, 0) is 61.1 Å². The Morgan fingerprint density at radius 1 is 0.935 bits per heavy atom. The minimum Gasteiger partial charge on any atom is -0.322 e. The Hall–Kier alpha value is -1.64. The van der Waals surface area contributed by atoms with Crippen molar-refractivity contribution in [3.05, 3.63) is 57.6 Å². The summed E-state index contributed by atoms with van der Waals surface area (Å²) in [5.74, 6) is -0.235. The molecule has 2 aliphatic rings. The van der Waals surface area contributed by atoms with Crippen LogP contribution in [0.4, 0.5) is 5.69 Å². The smallest absolute Gasteiger partial charge is 0.243 e. The van der Waals surface area contributed by atoms with E-state index in [2.05, 4.69) is 5.32 Å². The first-order valence-electron chi connectivity index (χ1n) is 10.4. The van der Waals surface area contributed by atoms with E-state index in [1.165, 1.54) is 9.87 Å². The van der Waals surface area contributed by atoms with Crippen LogP contribution in [-0.4, -0.2) is 56.3 Å². The second-order valence-electron chi connectivity index (χ2n) is 7.96. The summed E-state index contributed by atoms with van der Waals surface area (Å²) in [6.45, 7) is 1.80. The van der Waals surface area contributed by atoms with Crippen LogP contribution in [0.1, 0.15) is 24.0 Å². The van der Waals surface area contributed by atoms with Gasteiger partial charge in [-0.25, -0.2) is 8.42 Å². The van der Waals surface area contributed by atoms with Gasteiger partial charge < -0.3 is 5.32 Å². The molecule has 1 aliphatic carbocycles. The van der Waals surface area contributed by atoms with Gasteiger partial charge in [-0.1, -0.05) is 35.3 Å². The monoisotopic (exact) mass is 481 g/mol. The van der Waals surface area contributed by atoms with Crippen molar-refractivity contribution >= 4 is 44.8 Å². The molecule has 1 saturated heterocycles. The number of carbonyl (C=O) groups excluding carboxylic acids is 1. The van der Waals surface area contributed by atoms with Gasteiger partial charge in [0, 0.05) is 26.2 Å². The summed E-state index contributed by atoms with van der Waals surface area (Å²) in [4.78, 5) is 14.7. The quantitative estimate of drug-likeness (QED) is 0.704. The van der Waals surface area contributed by atoms with E-state index < -0.39 is 10.0 Å². The van der Waals surface area contributed by atoms with Gasteiger partial charge in [0.25, 0.3) is 0 Å². The molecule has 166 valence electrons. The summed E-state index contributed by atoms with van der Waals surface area (Å²) >= 11 is 12.2. The van der Waals surface area contributed by atoms with Crippen LogP contribution in [0.2, 0.25) is 10.0 Å². The number of halogens is 2. The number of rotatable bonds is 5. The number of nitrogens with one attached hydrogen (secondary N) is 1. The maximum Gasteiger partial charge on any atom is 0.243 e. The summed E-state index contributed by atoms with van der Waals surface area (Å²) in [5.41, 5.74) is 2.81. The molecule has 31 heavy (non-hydrogen) atoms. The number of fused-ring (bicyclic) bond motifs is 1. The zero-order valence-electron chi connectivity index (χ0n) is 17.1. The molecule has 0 radical (unpaired) electrons. The van der Waals surface area contributed by atoms with E-state index >= 15 is 0 Å². The fraction of sp³-hybridized carbons (Fsp3) is 0.409. The fourth-order valence-corrected chi connectivity index (χ4v) is 6.11. The third-order valence-corrected chi connectivity index (χ3v) is 8.41. The van der Waals surface area contributed by atoms with Crippen molar-refractivity contribution in [3.63, 3.8) is 0 Å². The first-order valence-corrected chi connectivity index (χ1v) is 12.6. The average molecular weight is 482 g/mol. The van der Waals surface area contributed by atoms with Crippen molar-refractivity contribution < 1.29 is 13.2 Å². The van der Waals surface area contributed by atoms with Gasteiger partial charge in [-0.3, -0.25) is 9.69 Å². The van der Waals surface area contributed by atoms with Crippen LogP contribution >= 0.6 is 23.2 Å². The van der Waals surface area contributed by atoms with Crippen molar-refractivity contribution in [2.45, 2.75) is 30.6 Å². The van der Waals surface area contributed by atoms with Crippen LogP contribution < -0.4 is 5.32 Å². The maximum absolute atomic E-state index is 13.1. The van der Waals surface area contributed by atoms with E-state index in [0.717, 1.165) is 31.2 Å². The Morgan fingerprint density at radius 2 is 1.58 bits per heavy atom. The van der Waals surface area contributed by atoms with Crippen molar-refractivity contribution in [1.29, 1.82) is 0 Å². The lowest BCUT2D eigenvalue weighted by Gasteiger charge is -2.33. The number of benzene rings is 2. The Kier molecular flexibility index (Phi) is 6.89. The summed E-state index contributed by atoms with van der Waals surface area (Å²) in [7, 11) is -3.54. The van der Waals surface area contributed by atoms with Crippen molar-refractivity contribution in [2.24, 2.45) is 0 Å². The maximum atomic E-state index is 13.1. The van der Waals surface area contributed by atoms with Gasteiger partial charge in [-0.15, -0.1) is 0 Å². The van der Waals surface area contributed by atoms with Crippen LogP contribution in [-0.2, 0) is 27.7 Å². The van der Waals surface area contributed by atoms with Gasteiger partial charge in [-0.2, -0.15) is 4.31 Å². The number of nitrogens with zero attached hydrogens (tertiary/aromatic N) is 2. The molecule has 1 fully saturated rings. The van der Waals surface area contributed by atoms with Crippen molar-refractivity contribution in [2.75, 3.05) is 38.0 Å². The number of sulfonamides is 1. The SMILES string of the molecule is O=C(CN1CCN(S(=O)(=O)c2ccc3c(c2)CCCC3)CC1)Nc1c(Cl)cccc1Cl. The molecule has 2 aromatic carbocycles. The van der Waals surface area contributed by atoms with E-state index in [4.69, 9.17) is 23.2 Å². The van der Waals surface area contributed by atoms with Crippen LogP contribution in [0.3, 0.4) is 0 Å². The first kappa shape index (κ1) is 22.6. The van der Waals surface area contributed by atoms with Crippen LogP contribution in [0.25, 0.3) is 0 Å². The molecule has 0 atom stereocenters. The number of para-hydroxylation sites is 1. The van der Waals surface area contributed by atoms with E-state index in [0.29, 0.717) is 46.8 Å². The summed E-state index contributed by atoms with van der Waals surface area (Å²) in [6.07, 6.45) is 4.24. The Morgan fingerprint density at radius 3 is 2.26 bits per heavy atom. The normalized spacial score (nSPS) is 17.9. The summed E-state index contributed by atoms with van der Waals surface area (Å²) in [6, 6.07) is 10.6. The molecule has 0 saturated carbocycles. The molecule has 9 heteroatoms. The zero-order valence-corrected chi connectivity index (χ0v) is 19.4. The van der Waals surface area contributed by atoms with Crippen LogP contribution in [0.5, 0.6) is 0 Å². The van der Waals surface area contributed by atoms with Crippen molar-refractivity contribution in [3.8, 4) is 0 Å². The predicted molar refractivity (Wildman–Crippen MR) is 123 cm³/mol. The minimum atomic E-state index is -3.54. The second-order valence-corrected chi connectivity index (χ2v) is 10.7. The topological polar surface area (TPSA) is 69.7 Å². The molecule has 6 nitrogen and oxygen atoms in total. The molecule has 0 aromatic heterocycles. The van der Waals surface area contributed by atoms with Gasteiger partial charge in [0.2, 0.25) is 15.9 Å². The zero-order chi connectivity index (χ0) is 22.0. The highest BCUT2D eigenvalue weighted by molar-refractivity contribution is 7.89. The summed E-state index contributed by atoms with van der Waals surface area (Å²) < 4.78 is 27.7. The minimum absolute atomic E-state index is 0.147. The Labute approximate surface area is 193 Å². The fourth-order valence-electron chi connectivity index (χ4n) is 4.15. The molecule has 1 heterocycles. The largest absolute Gasteiger partial charge is 0.322 e. The molecule has 0 unspecified atom stereocenters. The van der Waals surface area contributed by atoms with Gasteiger partial charge in [0.15, 0.2) is 0 Å². The molecular formula is C22H25Cl2N3O3S. The van der Waals surface area contributed by atoms with Crippen LogP contribution in [0.15, 0.2) is 41.3 Å². The number of hydrogen-bond acceptors (Lipinski definition) is 4. The molecule has 1 N–H and O–H groups in total. The predicted octanol–water partition coefficient (Wildman–Crippen LogP) is 3.82. The van der Waals surface area contributed by atoms with Crippen LogP contribution in [0, 0.1) is 0 Å². The number of piperazine rings is 1. The van der Waals surface area contributed by atoms with Gasteiger partial charge in [0.05, 0.1) is 27.2 Å². The number of aryl methyl sites for hydroxylation is 2. The first-order chi connectivity index (χ1) is 14.8. The molecule has 0 bridgehead atoms. The highest BCUT2D eigenvalue weighted by atomic mass is 35.5. The lowest BCUT2D eigenvalue weighted by Crippen LogP contribution is -2.50. The van der Waals surface area contributed by atoms with E-state index in [9.17, 15) is 13.2 Å². The summed E-state index contributed by atoms with van der Waals surface area (Å²) in [5, 5.41) is 3.50. The number of anilines is 1. The van der Waals surface area contributed by atoms with E-state index in [1.807, 2.05) is 17.0 Å². The average Bonchev–Trinajstić information content (AvgIpc) is 2.76. The lowest BCUT2D eigenvalue weighted by atomic mass is 9.92. The lowest BCUT2D eigenvalue weighted by molar-refractivity contribution is -0.117. The van der Waals surface area contributed by atoms with Gasteiger partial charge >= 0.3 is 0 Å². The van der Waals surface area contributed by atoms with E-state index in [-0.39, 0.29) is 12.5 Å².